The zero-order chi connectivity index (χ0) is 36.0. The minimum Gasteiger partial charge on any atom is -0.490 e. The van der Waals surface area contributed by atoms with Crippen molar-refractivity contribution in [2.75, 3.05) is 31.7 Å². The smallest absolute Gasteiger partial charge is 0.339 e. The van der Waals surface area contributed by atoms with Crippen LogP contribution in [0.15, 0.2) is 42.6 Å². The number of carbonyl (C=O) groups is 1. The van der Waals surface area contributed by atoms with Crippen LogP contribution in [0.5, 0.6) is 5.75 Å². The Labute approximate surface area is 293 Å². The number of methoxy groups -OCH3 is 1. The van der Waals surface area contributed by atoms with E-state index in [-0.39, 0.29) is 23.0 Å². The van der Waals surface area contributed by atoms with Gasteiger partial charge in [-0.1, -0.05) is 18.2 Å². The van der Waals surface area contributed by atoms with Gasteiger partial charge in [-0.15, -0.1) is 0 Å². The van der Waals surface area contributed by atoms with Gasteiger partial charge < -0.3 is 23.8 Å². The topological polar surface area (TPSA) is 74.5 Å². The second kappa shape index (κ2) is 13.9. The average Bonchev–Trinajstić information content (AvgIpc) is 3.50. The number of carbonyl (C=O) groups excluding carboxylic acids is 1. The molecule has 10 heteroatoms. The maximum atomic E-state index is 15.6. The van der Waals surface area contributed by atoms with E-state index in [0.29, 0.717) is 37.4 Å². The number of piperidine rings is 1. The first-order chi connectivity index (χ1) is 23.7. The highest BCUT2D eigenvalue weighted by Crippen LogP contribution is 2.42. The van der Waals surface area contributed by atoms with Crippen molar-refractivity contribution in [1.29, 1.82) is 0 Å². The lowest BCUT2D eigenvalue weighted by molar-refractivity contribution is -0.164. The molecule has 268 valence electrons. The lowest BCUT2D eigenvalue weighted by Gasteiger charge is -2.42. The molecule has 4 aromatic rings. The summed E-state index contributed by atoms with van der Waals surface area (Å²) >= 11 is 0. The van der Waals surface area contributed by atoms with E-state index in [1.807, 2.05) is 65.9 Å². The van der Waals surface area contributed by atoms with E-state index in [1.54, 1.807) is 6.07 Å². The van der Waals surface area contributed by atoms with Crippen LogP contribution >= 0.6 is 0 Å². The molecule has 0 spiro atoms. The molecule has 8 nitrogen and oxygen atoms in total. The first kappa shape index (κ1) is 35.8. The lowest BCUT2D eigenvalue weighted by atomic mass is 9.92. The fraction of sp³-hybridized carbons (Fsp3) is 0.500. The zero-order valence-corrected chi connectivity index (χ0v) is 30.5. The van der Waals surface area contributed by atoms with Gasteiger partial charge in [0.05, 0.1) is 35.7 Å². The van der Waals surface area contributed by atoms with E-state index in [1.165, 1.54) is 13.2 Å². The Morgan fingerprint density at radius 3 is 2.48 bits per heavy atom. The molecular formula is C40H49F2N3O5. The summed E-state index contributed by atoms with van der Waals surface area (Å²) in [7, 11) is 1.38. The Hall–Kier alpha value is -4.02. The van der Waals surface area contributed by atoms with Gasteiger partial charge in [0.25, 0.3) is 0 Å². The molecule has 0 saturated carbocycles. The highest BCUT2D eigenvalue weighted by atomic mass is 19.1. The molecule has 7 rings (SSSR count). The molecule has 3 aliphatic rings. The fourth-order valence-corrected chi connectivity index (χ4v) is 7.16. The fourth-order valence-electron chi connectivity index (χ4n) is 7.16. The van der Waals surface area contributed by atoms with Crippen molar-refractivity contribution in [2.45, 2.75) is 104 Å². The Morgan fingerprint density at radius 2 is 1.78 bits per heavy atom. The number of pyridine rings is 1. The molecule has 2 aromatic heterocycles. The first-order valence-corrected chi connectivity index (χ1v) is 17.6. The lowest BCUT2D eigenvalue weighted by Crippen LogP contribution is -2.45. The van der Waals surface area contributed by atoms with E-state index >= 15 is 4.39 Å². The van der Waals surface area contributed by atoms with Crippen molar-refractivity contribution < 1.29 is 32.5 Å². The van der Waals surface area contributed by atoms with E-state index < -0.39 is 29.3 Å². The standard InChI is InChI=1S/C40H49F2N3O5/c1-24-12-9-10-19-48-40(7)15-17-44(18-16-40)37-33(35(38(46)47-8)50-39(4,5)6)25(2)26(3)36-43-31(23-45(36)37)27-13-11-14-28(20-27)34-30(42)21-29(41)22-32(34)49-24/h11,13-14,20-24,35H,9-10,12,15-19H2,1-8H3. The molecule has 1 fully saturated rings. The second-order valence-electron chi connectivity index (χ2n) is 15.0. The summed E-state index contributed by atoms with van der Waals surface area (Å²) in [6.07, 6.45) is 4.71. The maximum Gasteiger partial charge on any atom is 0.339 e. The number of esters is 1. The normalized spacial score (nSPS) is 20.8. The van der Waals surface area contributed by atoms with E-state index in [0.717, 1.165) is 65.5 Å². The summed E-state index contributed by atoms with van der Waals surface area (Å²) in [5.41, 5.74) is 4.49. The van der Waals surface area contributed by atoms with Crippen molar-refractivity contribution in [3.05, 3.63) is 70.9 Å². The van der Waals surface area contributed by atoms with E-state index in [9.17, 15) is 9.18 Å². The molecule has 0 N–H and O–H groups in total. The van der Waals surface area contributed by atoms with Gasteiger partial charge in [-0.05, 0) is 103 Å². The second-order valence-corrected chi connectivity index (χ2v) is 15.0. The number of aromatic nitrogens is 2. The van der Waals surface area contributed by atoms with Crippen molar-refractivity contribution >= 4 is 17.4 Å². The molecule has 0 aliphatic carbocycles. The van der Waals surface area contributed by atoms with Crippen LogP contribution in [0, 0.1) is 25.5 Å². The number of hydrogen-bond acceptors (Lipinski definition) is 7. The number of halogens is 2. The van der Waals surface area contributed by atoms with Gasteiger partial charge in [0, 0.05) is 49.2 Å². The zero-order valence-electron chi connectivity index (χ0n) is 30.5. The Morgan fingerprint density at radius 1 is 1.06 bits per heavy atom. The summed E-state index contributed by atoms with van der Waals surface area (Å²) in [4.78, 5) is 21.0. The van der Waals surface area contributed by atoms with Crippen LogP contribution in [-0.2, 0) is 19.0 Å². The number of anilines is 1. The number of ether oxygens (including phenoxy) is 4. The Balaban J connectivity index is 1.58. The SMILES string of the molecule is COC(=O)C(OC(C)(C)C)c1c(C)c(C)c2nc3cn2c1N1CCC(C)(CC1)OCCCCC(C)Oc1cc(F)cc(F)c1-c1cccc-3c1. The predicted octanol–water partition coefficient (Wildman–Crippen LogP) is 8.92. The molecule has 1 saturated heterocycles. The molecule has 2 atom stereocenters. The van der Waals surface area contributed by atoms with Gasteiger partial charge in [0.2, 0.25) is 0 Å². The van der Waals surface area contributed by atoms with Crippen molar-refractivity contribution in [1.82, 2.24) is 9.38 Å². The van der Waals surface area contributed by atoms with Crippen molar-refractivity contribution in [3.63, 3.8) is 0 Å². The number of imidazole rings is 1. The van der Waals surface area contributed by atoms with Crippen LogP contribution in [0.25, 0.3) is 28.0 Å². The minimum atomic E-state index is -0.982. The van der Waals surface area contributed by atoms with Gasteiger partial charge in [-0.2, -0.15) is 0 Å². The van der Waals surface area contributed by atoms with Crippen molar-refractivity contribution in [3.8, 4) is 28.1 Å². The summed E-state index contributed by atoms with van der Waals surface area (Å²) < 4.78 is 56.7. The molecule has 0 radical (unpaired) electrons. The highest BCUT2D eigenvalue weighted by Gasteiger charge is 2.38. The summed E-state index contributed by atoms with van der Waals surface area (Å²) in [6, 6.07) is 9.57. The molecule has 6 bridgehead atoms. The number of rotatable bonds is 3. The van der Waals surface area contributed by atoms with Gasteiger partial charge in [-0.25, -0.2) is 18.6 Å². The van der Waals surface area contributed by atoms with Crippen LogP contribution in [0.2, 0.25) is 0 Å². The molecule has 5 heterocycles. The van der Waals surface area contributed by atoms with Crippen LogP contribution in [0.1, 0.15) is 89.5 Å². The Bertz CT molecular complexity index is 1890. The average molecular weight is 690 g/mol. The summed E-state index contributed by atoms with van der Waals surface area (Å²) in [6.45, 7) is 15.9. The van der Waals surface area contributed by atoms with Gasteiger partial charge in [0.1, 0.15) is 28.8 Å². The van der Waals surface area contributed by atoms with Crippen molar-refractivity contribution in [2.24, 2.45) is 0 Å². The van der Waals surface area contributed by atoms with Crippen LogP contribution in [-0.4, -0.2) is 59.5 Å². The molecule has 2 unspecified atom stereocenters. The van der Waals surface area contributed by atoms with Crippen LogP contribution in [0.4, 0.5) is 14.6 Å². The third-order valence-corrected chi connectivity index (χ3v) is 10.00. The quantitative estimate of drug-likeness (QED) is 0.199. The first-order valence-electron chi connectivity index (χ1n) is 17.6. The number of hydrogen-bond donors (Lipinski definition) is 0. The monoisotopic (exact) mass is 689 g/mol. The highest BCUT2D eigenvalue weighted by molar-refractivity contribution is 5.82. The third kappa shape index (κ3) is 7.23. The molecule has 0 amide bonds. The molecule has 3 aliphatic heterocycles. The van der Waals surface area contributed by atoms with Gasteiger partial charge in [0.15, 0.2) is 6.10 Å². The number of fused-ring (bicyclic) bond motifs is 8. The minimum absolute atomic E-state index is 0.163. The Kier molecular flexibility index (Phi) is 9.98. The summed E-state index contributed by atoms with van der Waals surface area (Å²) in [5, 5.41) is 0. The molecule has 50 heavy (non-hydrogen) atoms. The molecule has 2 aromatic carbocycles. The number of benzene rings is 2. The van der Waals surface area contributed by atoms with E-state index in [4.69, 9.17) is 23.9 Å². The largest absolute Gasteiger partial charge is 0.490 e. The summed E-state index contributed by atoms with van der Waals surface area (Å²) in [5.74, 6) is -0.879. The van der Waals surface area contributed by atoms with E-state index in [2.05, 4.69) is 16.2 Å². The van der Waals surface area contributed by atoms with Crippen LogP contribution in [0.3, 0.4) is 0 Å². The predicted molar refractivity (Wildman–Crippen MR) is 191 cm³/mol. The van der Waals surface area contributed by atoms with Gasteiger partial charge in [-0.3, -0.25) is 4.40 Å². The third-order valence-electron chi connectivity index (χ3n) is 10.00. The molecular weight excluding hydrogens is 640 g/mol. The number of nitrogens with zero attached hydrogens (tertiary/aromatic N) is 3. The number of aryl methyl sites for hydroxylation is 1. The van der Waals surface area contributed by atoms with Gasteiger partial charge >= 0.3 is 5.97 Å². The maximum absolute atomic E-state index is 15.6. The van der Waals surface area contributed by atoms with Crippen LogP contribution < -0.4 is 9.64 Å².